The van der Waals surface area contributed by atoms with E-state index in [0.29, 0.717) is 21.6 Å². The molecule has 24 heavy (non-hydrogen) atoms. The second-order valence-electron chi connectivity index (χ2n) is 6.49. The topological polar surface area (TPSA) is 31.4 Å². The minimum Gasteiger partial charge on any atom is -0.457 e. The van der Waals surface area contributed by atoms with Crippen LogP contribution in [0.5, 0.6) is 5.75 Å². The third kappa shape index (κ3) is 4.97. The summed E-state index contributed by atoms with van der Waals surface area (Å²) < 4.78 is 11.8. The van der Waals surface area contributed by atoms with Crippen molar-refractivity contribution < 1.29 is 9.47 Å². The molecule has 1 unspecified atom stereocenters. The van der Waals surface area contributed by atoms with Crippen molar-refractivity contribution in [2.24, 2.45) is 5.41 Å². The van der Waals surface area contributed by atoms with E-state index in [0.717, 1.165) is 5.56 Å². The SMILES string of the molecule is COC(/C(=C\c1cccnc1)Oc1ccc(Cl)cc1Cl)C(C)(C)C. The Morgan fingerprint density at radius 1 is 1.21 bits per heavy atom. The van der Waals surface area contributed by atoms with Gasteiger partial charge in [0.15, 0.2) is 0 Å². The lowest BCUT2D eigenvalue weighted by atomic mass is 9.87. The molecule has 128 valence electrons. The van der Waals surface area contributed by atoms with Crippen LogP contribution in [0.3, 0.4) is 0 Å². The van der Waals surface area contributed by atoms with E-state index in [9.17, 15) is 0 Å². The van der Waals surface area contributed by atoms with Gasteiger partial charge in [-0.3, -0.25) is 4.98 Å². The van der Waals surface area contributed by atoms with Gasteiger partial charge in [-0.15, -0.1) is 0 Å². The van der Waals surface area contributed by atoms with E-state index in [1.165, 1.54) is 0 Å². The molecule has 1 atom stereocenters. The Bertz CT molecular complexity index is 709. The quantitative estimate of drug-likeness (QED) is 0.620. The number of benzene rings is 1. The van der Waals surface area contributed by atoms with Crippen LogP contribution >= 0.6 is 23.2 Å². The Morgan fingerprint density at radius 3 is 2.50 bits per heavy atom. The number of halogens is 2. The molecule has 0 radical (unpaired) electrons. The molecule has 5 heteroatoms. The first-order valence-electron chi connectivity index (χ1n) is 7.58. The highest BCUT2D eigenvalue weighted by Crippen LogP contribution is 2.34. The minimum atomic E-state index is -0.260. The fraction of sp³-hybridized carbons (Fsp3) is 0.316. The largest absolute Gasteiger partial charge is 0.457 e. The van der Waals surface area contributed by atoms with Crippen LogP contribution in [-0.2, 0) is 4.74 Å². The van der Waals surface area contributed by atoms with Gasteiger partial charge in [0.1, 0.15) is 17.6 Å². The van der Waals surface area contributed by atoms with Crippen LogP contribution in [-0.4, -0.2) is 18.2 Å². The summed E-state index contributed by atoms with van der Waals surface area (Å²) in [4.78, 5) is 4.14. The Hall–Kier alpha value is -1.55. The molecule has 0 amide bonds. The second-order valence-corrected chi connectivity index (χ2v) is 7.34. The van der Waals surface area contributed by atoms with Gasteiger partial charge in [-0.2, -0.15) is 0 Å². The number of hydrogen-bond acceptors (Lipinski definition) is 3. The smallest absolute Gasteiger partial charge is 0.145 e. The molecule has 0 saturated carbocycles. The zero-order chi connectivity index (χ0) is 17.7. The standard InChI is InChI=1S/C19H21Cl2NO2/c1-19(2,3)18(23-4)17(10-13-6-5-9-22-12-13)24-16-8-7-14(20)11-15(16)21/h5-12,18H,1-4H3/b17-10+. The summed E-state index contributed by atoms with van der Waals surface area (Å²) in [7, 11) is 1.67. The maximum Gasteiger partial charge on any atom is 0.145 e. The molecular weight excluding hydrogens is 345 g/mol. The van der Waals surface area contributed by atoms with Crippen LogP contribution in [0.4, 0.5) is 0 Å². The molecule has 2 aromatic rings. The van der Waals surface area contributed by atoms with Crippen molar-refractivity contribution in [3.63, 3.8) is 0 Å². The van der Waals surface area contributed by atoms with Crippen molar-refractivity contribution in [1.82, 2.24) is 4.98 Å². The average Bonchev–Trinajstić information content (AvgIpc) is 2.50. The summed E-state index contributed by atoms with van der Waals surface area (Å²) in [5, 5.41) is 1.01. The highest BCUT2D eigenvalue weighted by atomic mass is 35.5. The molecule has 1 aromatic carbocycles. The van der Waals surface area contributed by atoms with Crippen LogP contribution in [0.25, 0.3) is 6.08 Å². The molecule has 3 nitrogen and oxygen atoms in total. The molecule has 0 saturated heterocycles. The number of hydrogen-bond donors (Lipinski definition) is 0. The number of ether oxygens (including phenoxy) is 2. The van der Waals surface area contributed by atoms with Crippen LogP contribution in [0, 0.1) is 5.41 Å². The van der Waals surface area contributed by atoms with Gasteiger partial charge in [-0.1, -0.05) is 50.0 Å². The summed E-state index contributed by atoms with van der Waals surface area (Å²) >= 11 is 12.2. The summed E-state index contributed by atoms with van der Waals surface area (Å²) in [6.45, 7) is 6.27. The van der Waals surface area contributed by atoms with Crippen molar-refractivity contribution in [2.75, 3.05) is 7.11 Å². The van der Waals surface area contributed by atoms with Crippen molar-refractivity contribution in [3.8, 4) is 5.75 Å². The lowest BCUT2D eigenvalue weighted by Gasteiger charge is -2.31. The third-order valence-corrected chi connectivity index (χ3v) is 3.93. The summed E-state index contributed by atoms with van der Waals surface area (Å²) in [5.41, 5.74) is 0.755. The van der Waals surface area contributed by atoms with Gasteiger partial charge in [0, 0.05) is 24.5 Å². The summed E-state index contributed by atoms with van der Waals surface area (Å²) in [6, 6.07) is 8.96. The Labute approximate surface area is 153 Å². The highest BCUT2D eigenvalue weighted by molar-refractivity contribution is 6.35. The summed E-state index contributed by atoms with van der Waals surface area (Å²) in [5.74, 6) is 1.18. The van der Waals surface area contributed by atoms with Gasteiger partial charge in [-0.05, 0) is 41.3 Å². The molecule has 2 rings (SSSR count). The molecular formula is C19H21Cl2NO2. The maximum atomic E-state index is 6.25. The van der Waals surface area contributed by atoms with Crippen molar-refractivity contribution in [3.05, 3.63) is 64.1 Å². The predicted molar refractivity (Wildman–Crippen MR) is 99.6 cm³/mol. The molecule has 1 aromatic heterocycles. The van der Waals surface area contributed by atoms with Gasteiger partial charge in [0.25, 0.3) is 0 Å². The van der Waals surface area contributed by atoms with E-state index in [1.54, 1.807) is 37.7 Å². The van der Waals surface area contributed by atoms with E-state index in [4.69, 9.17) is 32.7 Å². The number of pyridine rings is 1. The minimum absolute atomic E-state index is 0.165. The van der Waals surface area contributed by atoms with Crippen LogP contribution in [0.1, 0.15) is 26.3 Å². The Balaban J connectivity index is 2.44. The number of nitrogens with zero attached hydrogens (tertiary/aromatic N) is 1. The molecule has 0 bridgehead atoms. The van der Waals surface area contributed by atoms with Crippen molar-refractivity contribution in [1.29, 1.82) is 0 Å². The molecule has 0 aliphatic rings. The van der Waals surface area contributed by atoms with Crippen LogP contribution in [0.2, 0.25) is 10.0 Å². The fourth-order valence-electron chi connectivity index (χ4n) is 2.37. The highest BCUT2D eigenvalue weighted by Gasteiger charge is 2.30. The zero-order valence-electron chi connectivity index (χ0n) is 14.2. The number of methoxy groups -OCH3 is 1. The first kappa shape index (κ1) is 18.8. The summed E-state index contributed by atoms with van der Waals surface area (Å²) in [6.07, 6.45) is 5.15. The molecule has 0 aliphatic carbocycles. The van der Waals surface area contributed by atoms with E-state index >= 15 is 0 Å². The molecule has 0 spiro atoms. The third-order valence-electron chi connectivity index (χ3n) is 3.40. The van der Waals surface area contributed by atoms with E-state index in [1.807, 2.05) is 18.2 Å². The predicted octanol–water partition coefficient (Wildman–Crippen LogP) is 5.87. The maximum absolute atomic E-state index is 6.25. The second kappa shape index (κ2) is 8.02. The Kier molecular flexibility index (Phi) is 6.27. The van der Waals surface area contributed by atoms with Gasteiger partial charge in [0.05, 0.1) is 5.02 Å². The van der Waals surface area contributed by atoms with E-state index in [-0.39, 0.29) is 11.5 Å². The number of aromatic nitrogens is 1. The van der Waals surface area contributed by atoms with E-state index in [2.05, 4.69) is 25.8 Å². The molecule has 0 aliphatic heterocycles. The fourth-order valence-corrected chi connectivity index (χ4v) is 2.81. The zero-order valence-corrected chi connectivity index (χ0v) is 15.7. The Morgan fingerprint density at radius 2 is 1.96 bits per heavy atom. The first-order chi connectivity index (χ1) is 11.3. The van der Waals surface area contributed by atoms with Gasteiger partial charge in [-0.25, -0.2) is 0 Å². The normalized spacial score (nSPS) is 13.7. The molecule has 0 N–H and O–H groups in total. The molecule has 0 fully saturated rings. The first-order valence-corrected chi connectivity index (χ1v) is 8.34. The lowest BCUT2D eigenvalue weighted by molar-refractivity contribution is 0.0208. The van der Waals surface area contributed by atoms with Gasteiger partial charge in [0.2, 0.25) is 0 Å². The van der Waals surface area contributed by atoms with Crippen molar-refractivity contribution >= 4 is 29.3 Å². The van der Waals surface area contributed by atoms with Gasteiger partial charge < -0.3 is 9.47 Å². The lowest BCUT2D eigenvalue weighted by Crippen LogP contribution is -2.32. The van der Waals surface area contributed by atoms with Crippen molar-refractivity contribution in [2.45, 2.75) is 26.9 Å². The molecule has 1 heterocycles. The van der Waals surface area contributed by atoms with Crippen LogP contribution < -0.4 is 4.74 Å². The average molecular weight is 366 g/mol. The van der Waals surface area contributed by atoms with E-state index < -0.39 is 0 Å². The monoisotopic (exact) mass is 365 g/mol. The van der Waals surface area contributed by atoms with Gasteiger partial charge >= 0.3 is 0 Å². The number of rotatable bonds is 5. The van der Waals surface area contributed by atoms with Crippen LogP contribution in [0.15, 0.2) is 48.5 Å².